The van der Waals surface area contributed by atoms with Crippen molar-refractivity contribution in [1.29, 1.82) is 0 Å². The first kappa shape index (κ1) is 14.4. The van der Waals surface area contributed by atoms with E-state index in [1.54, 1.807) is 0 Å². The Morgan fingerprint density at radius 1 is 0.765 bits per heavy atom. The summed E-state index contributed by atoms with van der Waals surface area (Å²) in [5.41, 5.74) is -0.124. The zero-order valence-corrected chi connectivity index (χ0v) is 11.6. The van der Waals surface area contributed by atoms with E-state index in [1.165, 1.54) is 57.8 Å². The molecular formula is C15H28N2. The van der Waals surface area contributed by atoms with Gasteiger partial charge in [-0.05, 0) is 19.8 Å². The molecule has 0 aromatic rings. The number of hydrogen-bond acceptors (Lipinski definition) is 2. The molecule has 1 heterocycles. The Hall–Kier alpha value is -0.660. The van der Waals surface area contributed by atoms with Crippen LogP contribution in [0.5, 0.6) is 0 Å². The molecule has 0 aliphatic carbocycles. The van der Waals surface area contributed by atoms with Gasteiger partial charge >= 0.3 is 0 Å². The number of aliphatic imine (C=N–C) groups is 2. The molecular weight excluding hydrogens is 208 g/mol. The maximum absolute atomic E-state index is 4.39. The summed E-state index contributed by atoms with van der Waals surface area (Å²) in [5, 5.41) is 0. The Morgan fingerprint density at radius 3 is 1.76 bits per heavy atom. The molecule has 0 spiro atoms. The molecule has 0 fully saturated rings. The van der Waals surface area contributed by atoms with Crippen LogP contribution in [0.25, 0.3) is 0 Å². The van der Waals surface area contributed by atoms with Crippen molar-refractivity contribution >= 4 is 12.4 Å². The van der Waals surface area contributed by atoms with Gasteiger partial charge < -0.3 is 0 Å². The van der Waals surface area contributed by atoms with Gasteiger partial charge in [-0.15, -0.1) is 0 Å². The number of nitrogens with zero attached hydrogens (tertiary/aromatic N) is 2. The third-order valence-electron chi connectivity index (χ3n) is 3.53. The highest BCUT2D eigenvalue weighted by molar-refractivity contribution is 6.17. The van der Waals surface area contributed by atoms with E-state index in [9.17, 15) is 0 Å². The zero-order chi connectivity index (χ0) is 12.4. The summed E-state index contributed by atoms with van der Waals surface area (Å²) in [4.78, 5) is 8.78. The van der Waals surface area contributed by atoms with Gasteiger partial charge in [-0.1, -0.05) is 58.3 Å². The van der Waals surface area contributed by atoms with Gasteiger partial charge in [0.2, 0.25) is 0 Å². The first-order valence-electron chi connectivity index (χ1n) is 7.36. The normalized spacial score (nSPS) is 16.8. The Balaban J connectivity index is 1.85. The smallest absolute Gasteiger partial charge is 0.147 e. The van der Waals surface area contributed by atoms with Crippen molar-refractivity contribution in [3.8, 4) is 0 Å². The molecule has 0 N–H and O–H groups in total. The van der Waals surface area contributed by atoms with Crippen molar-refractivity contribution in [3.05, 3.63) is 0 Å². The van der Waals surface area contributed by atoms with E-state index >= 15 is 0 Å². The largest absolute Gasteiger partial charge is 0.262 e. The second-order valence-electron chi connectivity index (χ2n) is 5.35. The fraction of sp³-hybridized carbons (Fsp3) is 0.867. The summed E-state index contributed by atoms with van der Waals surface area (Å²) in [5.74, 6) is 0. The van der Waals surface area contributed by atoms with Crippen LogP contribution >= 0.6 is 0 Å². The Kier molecular flexibility index (Phi) is 7.14. The summed E-state index contributed by atoms with van der Waals surface area (Å²) in [6.07, 6.45) is 17.2. The van der Waals surface area contributed by atoms with E-state index in [2.05, 4.69) is 23.8 Å². The van der Waals surface area contributed by atoms with E-state index in [0.29, 0.717) is 0 Å². The lowest BCUT2D eigenvalue weighted by molar-refractivity contribution is 0.434. The van der Waals surface area contributed by atoms with E-state index in [-0.39, 0.29) is 5.66 Å². The van der Waals surface area contributed by atoms with E-state index in [1.807, 2.05) is 12.4 Å². The topological polar surface area (TPSA) is 24.7 Å². The fourth-order valence-corrected chi connectivity index (χ4v) is 2.32. The summed E-state index contributed by atoms with van der Waals surface area (Å²) in [6, 6.07) is 0. The van der Waals surface area contributed by atoms with Gasteiger partial charge in [-0.2, -0.15) is 0 Å². The van der Waals surface area contributed by atoms with Crippen LogP contribution in [0, 0.1) is 0 Å². The molecule has 0 unspecified atom stereocenters. The highest BCUT2D eigenvalue weighted by Gasteiger charge is 2.21. The molecule has 0 saturated heterocycles. The predicted molar refractivity (Wildman–Crippen MR) is 77.2 cm³/mol. The van der Waals surface area contributed by atoms with Crippen LogP contribution in [0.3, 0.4) is 0 Å². The molecule has 1 rings (SSSR count). The van der Waals surface area contributed by atoms with Crippen molar-refractivity contribution in [2.75, 3.05) is 0 Å². The number of unbranched alkanes of at least 4 members (excludes halogenated alkanes) is 8. The van der Waals surface area contributed by atoms with Gasteiger partial charge in [0.15, 0.2) is 0 Å². The average molecular weight is 236 g/mol. The van der Waals surface area contributed by atoms with Gasteiger partial charge in [0, 0.05) is 12.4 Å². The molecule has 0 amide bonds. The molecule has 98 valence electrons. The number of hydrogen-bond donors (Lipinski definition) is 0. The fourth-order valence-electron chi connectivity index (χ4n) is 2.32. The highest BCUT2D eigenvalue weighted by Crippen LogP contribution is 2.23. The van der Waals surface area contributed by atoms with Crippen LogP contribution in [-0.2, 0) is 0 Å². The molecule has 2 heteroatoms. The molecule has 0 saturated carbocycles. The van der Waals surface area contributed by atoms with Crippen molar-refractivity contribution in [2.45, 2.75) is 83.7 Å². The molecule has 2 nitrogen and oxygen atoms in total. The molecule has 0 aromatic heterocycles. The van der Waals surface area contributed by atoms with Crippen LogP contribution in [0.4, 0.5) is 0 Å². The average Bonchev–Trinajstić information content (AvgIpc) is 2.74. The molecule has 0 atom stereocenters. The van der Waals surface area contributed by atoms with Gasteiger partial charge in [0.05, 0.1) is 0 Å². The molecule has 17 heavy (non-hydrogen) atoms. The first-order valence-corrected chi connectivity index (χ1v) is 7.36. The first-order chi connectivity index (χ1) is 8.27. The lowest BCUT2D eigenvalue weighted by atomic mass is 10.0. The van der Waals surface area contributed by atoms with Crippen LogP contribution < -0.4 is 0 Å². The maximum atomic E-state index is 4.39. The van der Waals surface area contributed by atoms with Crippen LogP contribution in [-0.4, -0.2) is 18.1 Å². The van der Waals surface area contributed by atoms with Gasteiger partial charge in [0.1, 0.15) is 5.66 Å². The minimum absolute atomic E-state index is 0.124. The van der Waals surface area contributed by atoms with Gasteiger partial charge in [-0.3, -0.25) is 9.98 Å². The van der Waals surface area contributed by atoms with Crippen molar-refractivity contribution in [2.24, 2.45) is 9.98 Å². The highest BCUT2D eigenvalue weighted by atomic mass is 15.1. The Morgan fingerprint density at radius 2 is 1.24 bits per heavy atom. The summed E-state index contributed by atoms with van der Waals surface area (Å²) >= 11 is 0. The summed E-state index contributed by atoms with van der Waals surface area (Å²) in [6.45, 7) is 4.40. The Bertz CT molecular complexity index is 231. The minimum Gasteiger partial charge on any atom is -0.262 e. The Labute approximate surface area is 107 Å². The monoisotopic (exact) mass is 236 g/mol. The van der Waals surface area contributed by atoms with Crippen LogP contribution in [0.2, 0.25) is 0 Å². The summed E-state index contributed by atoms with van der Waals surface area (Å²) in [7, 11) is 0. The lowest BCUT2D eigenvalue weighted by Gasteiger charge is -2.16. The maximum Gasteiger partial charge on any atom is 0.147 e. The second-order valence-corrected chi connectivity index (χ2v) is 5.35. The van der Waals surface area contributed by atoms with Crippen LogP contribution in [0.15, 0.2) is 9.98 Å². The lowest BCUT2D eigenvalue weighted by Crippen LogP contribution is -2.15. The molecule has 0 bridgehead atoms. The third kappa shape index (κ3) is 6.60. The van der Waals surface area contributed by atoms with Gasteiger partial charge in [0.25, 0.3) is 0 Å². The standard InChI is InChI=1S/C15H28N2/c1-3-4-5-6-7-8-9-10-11-12-15(2)16-13-14-17-15/h13-14H,3-12H2,1-2H3. The van der Waals surface area contributed by atoms with E-state index in [0.717, 1.165) is 6.42 Å². The number of rotatable bonds is 10. The quantitative estimate of drug-likeness (QED) is 0.488. The van der Waals surface area contributed by atoms with E-state index < -0.39 is 0 Å². The van der Waals surface area contributed by atoms with Crippen molar-refractivity contribution in [3.63, 3.8) is 0 Å². The molecule has 1 aliphatic rings. The van der Waals surface area contributed by atoms with Gasteiger partial charge in [-0.25, -0.2) is 0 Å². The van der Waals surface area contributed by atoms with Crippen molar-refractivity contribution in [1.82, 2.24) is 0 Å². The summed E-state index contributed by atoms with van der Waals surface area (Å²) < 4.78 is 0. The minimum atomic E-state index is -0.124. The van der Waals surface area contributed by atoms with Crippen molar-refractivity contribution < 1.29 is 0 Å². The molecule has 0 aromatic carbocycles. The molecule has 1 aliphatic heterocycles. The van der Waals surface area contributed by atoms with Crippen LogP contribution in [0.1, 0.15) is 78.1 Å². The molecule has 0 radical (unpaired) electrons. The van der Waals surface area contributed by atoms with E-state index in [4.69, 9.17) is 0 Å². The second kappa shape index (κ2) is 8.43. The SMILES string of the molecule is CCCCCCCCCCCC1(C)N=CC=N1. The third-order valence-corrected chi connectivity index (χ3v) is 3.53. The zero-order valence-electron chi connectivity index (χ0n) is 11.6. The predicted octanol–water partition coefficient (Wildman–Crippen LogP) is 4.78.